The van der Waals surface area contributed by atoms with Crippen LogP contribution in [-0.2, 0) is 11.2 Å². The molecule has 0 aliphatic heterocycles. The van der Waals surface area contributed by atoms with Crippen molar-refractivity contribution in [3.05, 3.63) is 63.4 Å². The maximum atomic E-state index is 13.5. The molecule has 1 N–H and O–H groups in total. The van der Waals surface area contributed by atoms with Gasteiger partial charge < -0.3 is 10.1 Å². The molecule has 2 aromatic rings. The van der Waals surface area contributed by atoms with Crippen LogP contribution in [0, 0.1) is 18.6 Å². The Morgan fingerprint density at radius 1 is 1.23 bits per heavy atom. The highest BCUT2D eigenvalue weighted by Crippen LogP contribution is 2.26. The number of aromatic nitrogens is 1. The zero-order valence-corrected chi connectivity index (χ0v) is 16.7. The Morgan fingerprint density at radius 2 is 1.85 bits per heavy atom. The third kappa shape index (κ3) is 6.05. The first-order chi connectivity index (χ1) is 12.0. The number of halogens is 3. The maximum absolute atomic E-state index is 13.5. The Kier molecular flexibility index (Phi) is 6.34. The van der Waals surface area contributed by atoms with Gasteiger partial charge in [0.1, 0.15) is 17.2 Å². The van der Waals surface area contributed by atoms with Crippen LogP contribution in [0.25, 0.3) is 0 Å². The van der Waals surface area contributed by atoms with Gasteiger partial charge in [-0.25, -0.2) is 13.6 Å². The SMILES string of the molecule is Cc1ccc(Br)c(C(Cc2cc(F)cc(F)c2)NC(=O)OC(C)(C)C)n1. The van der Waals surface area contributed by atoms with Gasteiger partial charge in [-0.2, -0.15) is 0 Å². The van der Waals surface area contributed by atoms with Gasteiger partial charge in [-0.3, -0.25) is 4.98 Å². The van der Waals surface area contributed by atoms with Crippen molar-refractivity contribution < 1.29 is 18.3 Å². The minimum Gasteiger partial charge on any atom is -0.444 e. The molecule has 0 saturated carbocycles. The lowest BCUT2D eigenvalue weighted by atomic mass is 10.0. The van der Waals surface area contributed by atoms with Crippen LogP contribution in [0.2, 0.25) is 0 Å². The third-order valence-corrected chi connectivity index (χ3v) is 4.07. The van der Waals surface area contributed by atoms with E-state index in [1.807, 2.05) is 19.1 Å². The number of nitrogens with zero attached hydrogens (tertiary/aromatic N) is 1. The van der Waals surface area contributed by atoms with Crippen LogP contribution in [-0.4, -0.2) is 16.7 Å². The Labute approximate surface area is 160 Å². The van der Waals surface area contributed by atoms with E-state index in [0.717, 1.165) is 11.8 Å². The molecule has 0 radical (unpaired) electrons. The maximum Gasteiger partial charge on any atom is 0.408 e. The molecular weight excluding hydrogens is 406 g/mol. The molecule has 0 saturated heterocycles. The van der Waals surface area contributed by atoms with Crippen molar-refractivity contribution in [3.63, 3.8) is 0 Å². The summed E-state index contributed by atoms with van der Waals surface area (Å²) in [5.74, 6) is -1.35. The van der Waals surface area contributed by atoms with E-state index in [0.29, 0.717) is 15.7 Å². The van der Waals surface area contributed by atoms with Crippen molar-refractivity contribution in [1.29, 1.82) is 0 Å². The second kappa shape index (κ2) is 8.12. The molecule has 140 valence electrons. The molecule has 1 atom stereocenters. The van der Waals surface area contributed by atoms with Crippen molar-refractivity contribution in [2.45, 2.75) is 45.8 Å². The number of aryl methyl sites for hydroxylation is 1. The van der Waals surface area contributed by atoms with Crippen LogP contribution in [0.3, 0.4) is 0 Å². The molecule has 1 heterocycles. The number of hydrogen-bond donors (Lipinski definition) is 1. The second-order valence-electron chi connectivity index (χ2n) is 7.00. The zero-order valence-electron chi connectivity index (χ0n) is 15.1. The molecule has 0 aliphatic carbocycles. The van der Waals surface area contributed by atoms with E-state index < -0.39 is 29.4 Å². The predicted octanol–water partition coefficient (Wildman–Crippen LogP) is 5.24. The van der Waals surface area contributed by atoms with E-state index in [-0.39, 0.29) is 6.42 Å². The lowest BCUT2D eigenvalue weighted by Crippen LogP contribution is -2.36. The summed E-state index contributed by atoms with van der Waals surface area (Å²) in [6.45, 7) is 7.08. The number of hydrogen-bond acceptors (Lipinski definition) is 3. The van der Waals surface area contributed by atoms with Gasteiger partial charge in [0.2, 0.25) is 0 Å². The fourth-order valence-electron chi connectivity index (χ4n) is 2.43. The summed E-state index contributed by atoms with van der Waals surface area (Å²) in [5.41, 5.74) is 1.04. The number of rotatable bonds is 4. The molecule has 1 amide bonds. The van der Waals surface area contributed by atoms with Gasteiger partial charge in [-0.15, -0.1) is 0 Å². The smallest absolute Gasteiger partial charge is 0.408 e. The summed E-state index contributed by atoms with van der Waals surface area (Å²) in [5, 5.41) is 2.75. The second-order valence-corrected chi connectivity index (χ2v) is 7.85. The molecule has 2 rings (SSSR count). The van der Waals surface area contributed by atoms with Crippen LogP contribution >= 0.6 is 15.9 Å². The van der Waals surface area contributed by atoms with Crippen LogP contribution in [0.1, 0.15) is 43.8 Å². The normalized spacial score (nSPS) is 12.6. The number of benzene rings is 1. The fraction of sp³-hybridized carbons (Fsp3) is 0.368. The van der Waals surface area contributed by atoms with Gasteiger partial charge in [0, 0.05) is 16.2 Å². The molecule has 26 heavy (non-hydrogen) atoms. The molecule has 0 spiro atoms. The zero-order chi connectivity index (χ0) is 19.5. The molecule has 0 aliphatic rings. The van der Waals surface area contributed by atoms with Crippen LogP contribution in [0.5, 0.6) is 0 Å². The number of ether oxygens (including phenoxy) is 1. The number of carbonyl (C=O) groups is 1. The molecule has 1 aromatic carbocycles. The van der Waals surface area contributed by atoms with E-state index in [1.165, 1.54) is 12.1 Å². The minimum absolute atomic E-state index is 0.156. The quantitative estimate of drug-likeness (QED) is 0.726. The van der Waals surface area contributed by atoms with E-state index in [2.05, 4.69) is 26.2 Å². The summed E-state index contributed by atoms with van der Waals surface area (Å²) in [6.07, 6.45) is -0.474. The van der Waals surface area contributed by atoms with E-state index >= 15 is 0 Å². The molecule has 7 heteroatoms. The highest BCUT2D eigenvalue weighted by molar-refractivity contribution is 9.10. The standard InChI is InChI=1S/C19H21BrF2N2O2/c1-11-5-6-15(20)17(23-11)16(24-18(25)26-19(2,3)4)9-12-7-13(21)10-14(22)8-12/h5-8,10,16H,9H2,1-4H3,(H,24,25). The summed E-state index contributed by atoms with van der Waals surface area (Å²) >= 11 is 3.42. The van der Waals surface area contributed by atoms with Gasteiger partial charge in [-0.05, 0) is 79.9 Å². The first-order valence-electron chi connectivity index (χ1n) is 8.11. The Hall–Kier alpha value is -2.02. The van der Waals surface area contributed by atoms with E-state index in [1.54, 1.807) is 20.8 Å². The number of amides is 1. The monoisotopic (exact) mass is 426 g/mol. The van der Waals surface area contributed by atoms with E-state index in [4.69, 9.17) is 4.74 Å². The van der Waals surface area contributed by atoms with Crippen molar-refractivity contribution in [2.75, 3.05) is 0 Å². The third-order valence-electron chi connectivity index (χ3n) is 3.40. The van der Waals surface area contributed by atoms with Crippen LogP contribution in [0.4, 0.5) is 13.6 Å². The van der Waals surface area contributed by atoms with E-state index in [9.17, 15) is 13.6 Å². The molecule has 0 fully saturated rings. The highest BCUT2D eigenvalue weighted by Gasteiger charge is 2.24. The Bertz CT molecular complexity index is 786. The molecule has 4 nitrogen and oxygen atoms in total. The van der Waals surface area contributed by atoms with Gasteiger partial charge in [-0.1, -0.05) is 0 Å². The molecule has 0 bridgehead atoms. The summed E-state index contributed by atoms with van der Waals surface area (Å²) < 4.78 is 33.0. The van der Waals surface area contributed by atoms with Crippen molar-refractivity contribution in [2.24, 2.45) is 0 Å². The summed E-state index contributed by atoms with van der Waals surface area (Å²) in [7, 11) is 0. The van der Waals surface area contributed by atoms with Crippen molar-refractivity contribution >= 4 is 22.0 Å². The Morgan fingerprint density at radius 3 is 2.42 bits per heavy atom. The Balaban J connectivity index is 2.34. The lowest BCUT2D eigenvalue weighted by Gasteiger charge is -2.24. The van der Waals surface area contributed by atoms with Crippen LogP contribution in [0.15, 0.2) is 34.8 Å². The van der Waals surface area contributed by atoms with Gasteiger partial charge in [0.25, 0.3) is 0 Å². The summed E-state index contributed by atoms with van der Waals surface area (Å²) in [4.78, 5) is 16.7. The first-order valence-corrected chi connectivity index (χ1v) is 8.90. The predicted molar refractivity (Wildman–Crippen MR) is 98.8 cm³/mol. The largest absolute Gasteiger partial charge is 0.444 e. The molecule has 1 aromatic heterocycles. The van der Waals surface area contributed by atoms with Gasteiger partial charge in [0.15, 0.2) is 0 Å². The number of carbonyl (C=O) groups excluding carboxylic acids is 1. The van der Waals surface area contributed by atoms with Gasteiger partial charge in [0.05, 0.1) is 11.7 Å². The molecular formula is C19H21BrF2N2O2. The van der Waals surface area contributed by atoms with Crippen molar-refractivity contribution in [3.8, 4) is 0 Å². The molecule has 1 unspecified atom stereocenters. The van der Waals surface area contributed by atoms with Crippen LogP contribution < -0.4 is 5.32 Å². The van der Waals surface area contributed by atoms with Gasteiger partial charge >= 0.3 is 6.09 Å². The number of alkyl carbamates (subject to hydrolysis) is 1. The average Bonchev–Trinajstić information content (AvgIpc) is 2.46. The topological polar surface area (TPSA) is 51.2 Å². The fourth-order valence-corrected chi connectivity index (χ4v) is 2.93. The number of nitrogens with one attached hydrogen (secondary N) is 1. The minimum atomic E-state index is -0.674. The highest BCUT2D eigenvalue weighted by atomic mass is 79.9. The van der Waals surface area contributed by atoms with Crippen molar-refractivity contribution in [1.82, 2.24) is 10.3 Å². The first kappa shape index (κ1) is 20.3. The summed E-state index contributed by atoms with van der Waals surface area (Å²) in [6, 6.07) is 6.28. The lowest BCUT2D eigenvalue weighted by molar-refractivity contribution is 0.0502. The average molecular weight is 427 g/mol. The number of pyridine rings is 1.